The minimum Gasteiger partial charge on any atom is -0.398 e. The summed E-state index contributed by atoms with van der Waals surface area (Å²) < 4.78 is 26.7. The van der Waals surface area contributed by atoms with Gasteiger partial charge in [0.2, 0.25) is 10.0 Å². The van der Waals surface area contributed by atoms with Gasteiger partial charge in [0.15, 0.2) is 0 Å². The highest BCUT2D eigenvalue weighted by Crippen LogP contribution is 2.20. The van der Waals surface area contributed by atoms with Gasteiger partial charge in [0.25, 0.3) is 0 Å². The number of nitrogens with one attached hydrogen (secondary N) is 2. The fourth-order valence-electron chi connectivity index (χ4n) is 1.55. The molecule has 0 spiro atoms. The molecule has 1 heterocycles. The zero-order chi connectivity index (χ0) is 13.2. The summed E-state index contributed by atoms with van der Waals surface area (Å²) in [5.41, 5.74) is 7.48. The van der Waals surface area contributed by atoms with Gasteiger partial charge in [-0.1, -0.05) is 6.07 Å². The van der Waals surface area contributed by atoms with Crippen molar-refractivity contribution in [3.63, 3.8) is 0 Å². The number of rotatable bonds is 4. The van der Waals surface area contributed by atoms with Crippen LogP contribution in [0, 0.1) is 6.92 Å². The van der Waals surface area contributed by atoms with Gasteiger partial charge in [-0.3, -0.25) is 5.10 Å². The van der Waals surface area contributed by atoms with Crippen molar-refractivity contribution in [1.82, 2.24) is 14.9 Å². The summed E-state index contributed by atoms with van der Waals surface area (Å²) >= 11 is 0. The van der Waals surface area contributed by atoms with Crippen molar-refractivity contribution in [2.45, 2.75) is 18.4 Å². The standard InChI is InChI=1S/C11H14N4O2S/c1-8-10(12)3-2-4-11(8)18(16,17)15-7-9-5-13-14-6-9/h2-6,15H,7,12H2,1H3,(H,13,14). The van der Waals surface area contributed by atoms with Gasteiger partial charge in [0.1, 0.15) is 0 Å². The van der Waals surface area contributed by atoms with Crippen LogP contribution in [0.5, 0.6) is 0 Å². The smallest absolute Gasteiger partial charge is 0.241 e. The highest BCUT2D eigenvalue weighted by atomic mass is 32.2. The van der Waals surface area contributed by atoms with Gasteiger partial charge in [-0.05, 0) is 24.6 Å². The second-order valence-corrected chi connectivity index (χ2v) is 5.64. The molecule has 0 bridgehead atoms. The predicted molar refractivity (Wildman–Crippen MR) is 68.2 cm³/mol. The summed E-state index contributed by atoms with van der Waals surface area (Å²) in [5, 5.41) is 6.37. The molecule has 0 aliphatic heterocycles. The van der Waals surface area contributed by atoms with E-state index in [9.17, 15) is 8.42 Å². The number of anilines is 1. The topological polar surface area (TPSA) is 101 Å². The zero-order valence-electron chi connectivity index (χ0n) is 9.84. The van der Waals surface area contributed by atoms with Crippen LogP contribution in [0.25, 0.3) is 0 Å². The number of hydrogen-bond acceptors (Lipinski definition) is 4. The molecule has 6 nitrogen and oxygen atoms in total. The van der Waals surface area contributed by atoms with Crippen LogP contribution in [0.3, 0.4) is 0 Å². The van der Waals surface area contributed by atoms with Crippen molar-refractivity contribution in [1.29, 1.82) is 0 Å². The van der Waals surface area contributed by atoms with E-state index in [1.165, 1.54) is 6.07 Å². The zero-order valence-corrected chi connectivity index (χ0v) is 10.7. The molecule has 0 saturated carbocycles. The molecule has 7 heteroatoms. The Hall–Kier alpha value is -1.86. The lowest BCUT2D eigenvalue weighted by atomic mass is 10.2. The molecule has 1 aromatic carbocycles. The fourth-order valence-corrected chi connectivity index (χ4v) is 2.84. The molecule has 18 heavy (non-hydrogen) atoms. The summed E-state index contributed by atoms with van der Waals surface area (Å²) in [6.07, 6.45) is 3.20. The van der Waals surface area contributed by atoms with Crippen LogP contribution in [-0.4, -0.2) is 18.6 Å². The maximum Gasteiger partial charge on any atom is 0.241 e. The molecule has 2 rings (SSSR count). The van der Waals surface area contributed by atoms with E-state index in [4.69, 9.17) is 5.73 Å². The second-order valence-electron chi connectivity index (χ2n) is 3.90. The van der Waals surface area contributed by atoms with E-state index in [1.54, 1.807) is 31.5 Å². The largest absolute Gasteiger partial charge is 0.398 e. The van der Waals surface area contributed by atoms with Gasteiger partial charge >= 0.3 is 0 Å². The Kier molecular flexibility index (Phi) is 3.35. The van der Waals surface area contributed by atoms with Gasteiger partial charge in [-0.15, -0.1) is 0 Å². The van der Waals surface area contributed by atoms with Crippen LogP contribution in [0.15, 0.2) is 35.5 Å². The van der Waals surface area contributed by atoms with E-state index in [2.05, 4.69) is 14.9 Å². The molecule has 0 aliphatic carbocycles. The van der Waals surface area contributed by atoms with Crippen LogP contribution < -0.4 is 10.5 Å². The number of nitrogens with zero attached hydrogens (tertiary/aromatic N) is 1. The fraction of sp³-hybridized carbons (Fsp3) is 0.182. The van der Waals surface area contributed by atoms with Crippen LogP contribution >= 0.6 is 0 Å². The van der Waals surface area contributed by atoms with E-state index in [-0.39, 0.29) is 11.4 Å². The number of nitrogen functional groups attached to an aromatic ring is 1. The minimum absolute atomic E-state index is 0.188. The van der Waals surface area contributed by atoms with Gasteiger partial charge in [0, 0.05) is 24.0 Å². The van der Waals surface area contributed by atoms with E-state index >= 15 is 0 Å². The van der Waals surface area contributed by atoms with Crippen molar-refractivity contribution in [3.05, 3.63) is 41.7 Å². The maximum atomic E-state index is 12.1. The van der Waals surface area contributed by atoms with Crippen molar-refractivity contribution >= 4 is 15.7 Å². The Morgan fingerprint density at radius 3 is 2.89 bits per heavy atom. The Morgan fingerprint density at radius 1 is 1.44 bits per heavy atom. The molecule has 1 aromatic heterocycles. The van der Waals surface area contributed by atoms with E-state index in [1.807, 2.05) is 0 Å². The number of hydrogen-bond donors (Lipinski definition) is 3. The Bertz CT molecular complexity index is 635. The number of benzene rings is 1. The molecule has 0 radical (unpaired) electrons. The average molecular weight is 266 g/mol. The normalized spacial score (nSPS) is 11.6. The van der Waals surface area contributed by atoms with Crippen molar-refractivity contribution in [2.24, 2.45) is 0 Å². The quantitative estimate of drug-likeness (QED) is 0.712. The Labute approximate surface area is 105 Å². The molecular weight excluding hydrogens is 252 g/mol. The van der Waals surface area contributed by atoms with Crippen LogP contribution in [0.1, 0.15) is 11.1 Å². The first-order valence-corrected chi connectivity index (χ1v) is 6.81. The second kappa shape index (κ2) is 4.79. The molecule has 96 valence electrons. The highest BCUT2D eigenvalue weighted by molar-refractivity contribution is 7.89. The maximum absolute atomic E-state index is 12.1. The van der Waals surface area contributed by atoms with Gasteiger partial charge in [0.05, 0.1) is 11.1 Å². The number of aromatic nitrogens is 2. The Morgan fingerprint density at radius 2 is 2.22 bits per heavy atom. The molecule has 4 N–H and O–H groups in total. The van der Waals surface area contributed by atoms with Gasteiger partial charge in [-0.2, -0.15) is 5.10 Å². The monoisotopic (exact) mass is 266 g/mol. The molecule has 0 fully saturated rings. The highest BCUT2D eigenvalue weighted by Gasteiger charge is 2.17. The summed E-state index contributed by atoms with van der Waals surface area (Å²) in [4.78, 5) is 0.200. The molecular formula is C11H14N4O2S. The van der Waals surface area contributed by atoms with E-state index in [0.717, 1.165) is 5.56 Å². The number of H-pyrrole nitrogens is 1. The lowest BCUT2D eigenvalue weighted by Crippen LogP contribution is -2.24. The first-order chi connectivity index (χ1) is 8.50. The lowest BCUT2D eigenvalue weighted by Gasteiger charge is -2.10. The number of nitrogens with two attached hydrogens (primary N) is 1. The molecule has 0 aliphatic rings. The Balaban J connectivity index is 2.23. The molecule has 2 aromatic rings. The average Bonchev–Trinajstić information content (AvgIpc) is 2.83. The summed E-state index contributed by atoms with van der Waals surface area (Å²) in [6.45, 7) is 1.87. The van der Waals surface area contributed by atoms with Crippen molar-refractivity contribution in [2.75, 3.05) is 5.73 Å². The van der Waals surface area contributed by atoms with Crippen molar-refractivity contribution in [3.8, 4) is 0 Å². The minimum atomic E-state index is -3.56. The number of aromatic amines is 1. The van der Waals surface area contributed by atoms with Gasteiger partial charge < -0.3 is 5.73 Å². The van der Waals surface area contributed by atoms with E-state index < -0.39 is 10.0 Å². The molecule has 0 saturated heterocycles. The molecule has 0 unspecified atom stereocenters. The predicted octanol–water partition coefficient (Wildman–Crippen LogP) is 0.779. The lowest BCUT2D eigenvalue weighted by molar-refractivity contribution is 0.581. The van der Waals surface area contributed by atoms with Crippen LogP contribution in [0.2, 0.25) is 0 Å². The summed E-state index contributed by atoms with van der Waals surface area (Å²) in [7, 11) is -3.56. The third kappa shape index (κ3) is 2.52. The van der Waals surface area contributed by atoms with Crippen LogP contribution in [0.4, 0.5) is 5.69 Å². The summed E-state index contributed by atoms with van der Waals surface area (Å²) in [5.74, 6) is 0. The van der Waals surface area contributed by atoms with Crippen LogP contribution in [-0.2, 0) is 16.6 Å². The molecule has 0 atom stereocenters. The SMILES string of the molecule is Cc1c(N)cccc1S(=O)(=O)NCc1cn[nH]c1. The first kappa shape index (κ1) is 12.6. The van der Waals surface area contributed by atoms with Crippen molar-refractivity contribution < 1.29 is 8.42 Å². The first-order valence-electron chi connectivity index (χ1n) is 5.33. The molecule has 0 amide bonds. The third-order valence-electron chi connectivity index (χ3n) is 2.64. The third-order valence-corrected chi connectivity index (χ3v) is 4.18. The van der Waals surface area contributed by atoms with E-state index in [0.29, 0.717) is 11.3 Å². The number of sulfonamides is 1. The van der Waals surface area contributed by atoms with Gasteiger partial charge in [-0.25, -0.2) is 13.1 Å². The summed E-state index contributed by atoms with van der Waals surface area (Å²) in [6, 6.07) is 4.82.